The van der Waals surface area contributed by atoms with Gasteiger partial charge < -0.3 is 0 Å². The van der Waals surface area contributed by atoms with Crippen molar-refractivity contribution in [2.45, 2.75) is 32.7 Å². The molecule has 0 radical (unpaired) electrons. The van der Waals surface area contributed by atoms with Crippen molar-refractivity contribution in [3.63, 3.8) is 0 Å². The molecule has 2 aromatic rings. The number of thiazole rings is 1. The minimum Gasteiger partial charge on any atom is -0.298 e. The second-order valence-electron chi connectivity index (χ2n) is 6.14. The van der Waals surface area contributed by atoms with Gasteiger partial charge in [0.15, 0.2) is 5.13 Å². The molecule has 7 nitrogen and oxygen atoms in total. The second kappa shape index (κ2) is 7.71. The average Bonchev–Trinajstić information content (AvgIpc) is 3.02. The lowest BCUT2D eigenvalue weighted by Gasteiger charge is -2.25. The Kier molecular flexibility index (Phi) is 5.40. The van der Waals surface area contributed by atoms with E-state index in [4.69, 9.17) is 0 Å². The zero-order valence-corrected chi connectivity index (χ0v) is 14.8. The van der Waals surface area contributed by atoms with E-state index in [0.29, 0.717) is 16.3 Å². The van der Waals surface area contributed by atoms with Crippen LogP contribution in [0, 0.1) is 17.0 Å². The Bertz CT molecular complexity index is 784. The van der Waals surface area contributed by atoms with Crippen molar-refractivity contribution in [2.75, 3.05) is 18.4 Å². The standard InChI is InChI=1S/C17H20N4O3S/c1-12-14(6-5-7-15(12)21(23)24)16(22)19-17-18-13(11-25-17)10-20-8-3-2-4-9-20/h5-7,11H,2-4,8-10H2,1H3,(H,18,19,22). The van der Waals surface area contributed by atoms with Gasteiger partial charge in [-0.2, -0.15) is 0 Å². The summed E-state index contributed by atoms with van der Waals surface area (Å²) in [6.45, 7) is 4.55. The van der Waals surface area contributed by atoms with Crippen molar-refractivity contribution in [1.82, 2.24) is 9.88 Å². The van der Waals surface area contributed by atoms with Gasteiger partial charge in [0.2, 0.25) is 0 Å². The number of piperidine rings is 1. The van der Waals surface area contributed by atoms with Gasteiger partial charge in [-0.3, -0.25) is 25.1 Å². The van der Waals surface area contributed by atoms with Crippen molar-refractivity contribution in [1.29, 1.82) is 0 Å². The molecule has 1 aliphatic rings. The Balaban J connectivity index is 1.67. The first kappa shape index (κ1) is 17.5. The van der Waals surface area contributed by atoms with Crippen LogP contribution in [0.2, 0.25) is 0 Å². The summed E-state index contributed by atoms with van der Waals surface area (Å²) in [5.74, 6) is -0.375. The summed E-state index contributed by atoms with van der Waals surface area (Å²) in [7, 11) is 0. The van der Waals surface area contributed by atoms with Crippen molar-refractivity contribution in [3.05, 3.63) is 50.5 Å². The molecule has 0 unspecified atom stereocenters. The van der Waals surface area contributed by atoms with Crippen LogP contribution in [0.3, 0.4) is 0 Å². The summed E-state index contributed by atoms with van der Waals surface area (Å²) in [4.78, 5) is 29.8. The normalized spacial score (nSPS) is 15.1. The highest BCUT2D eigenvalue weighted by Crippen LogP contribution is 2.23. The molecule has 0 atom stereocenters. The first-order valence-corrected chi connectivity index (χ1v) is 9.14. The molecule has 132 valence electrons. The number of nitro benzene ring substituents is 1. The third-order valence-electron chi connectivity index (χ3n) is 4.35. The van der Waals surface area contributed by atoms with Crippen LogP contribution in [0.1, 0.15) is 40.9 Å². The molecular formula is C17H20N4O3S. The summed E-state index contributed by atoms with van der Waals surface area (Å²) in [6.07, 6.45) is 3.73. The van der Waals surface area contributed by atoms with E-state index in [1.165, 1.54) is 42.7 Å². The number of nitrogens with zero attached hydrogens (tertiary/aromatic N) is 3. The number of nitrogens with one attached hydrogen (secondary N) is 1. The van der Waals surface area contributed by atoms with Crippen molar-refractivity contribution in [2.24, 2.45) is 0 Å². The zero-order valence-electron chi connectivity index (χ0n) is 14.0. The van der Waals surface area contributed by atoms with E-state index in [-0.39, 0.29) is 11.6 Å². The predicted molar refractivity (Wildman–Crippen MR) is 97.0 cm³/mol. The third kappa shape index (κ3) is 4.21. The highest BCUT2D eigenvalue weighted by atomic mass is 32.1. The fourth-order valence-corrected chi connectivity index (χ4v) is 3.71. The highest BCUT2D eigenvalue weighted by Gasteiger charge is 2.19. The number of nitro groups is 1. The van der Waals surface area contributed by atoms with E-state index >= 15 is 0 Å². The molecular weight excluding hydrogens is 340 g/mol. The molecule has 8 heteroatoms. The molecule has 1 N–H and O–H groups in total. The van der Waals surface area contributed by atoms with Gasteiger partial charge in [-0.15, -0.1) is 11.3 Å². The molecule has 1 aromatic heterocycles. The maximum absolute atomic E-state index is 12.4. The van der Waals surface area contributed by atoms with E-state index in [1.807, 2.05) is 5.38 Å². The number of carbonyl (C=O) groups excluding carboxylic acids is 1. The molecule has 1 amide bonds. The minimum absolute atomic E-state index is 0.0578. The fraction of sp³-hybridized carbons (Fsp3) is 0.412. The SMILES string of the molecule is Cc1c(C(=O)Nc2nc(CN3CCCCC3)cs2)cccc1[N+](=O)[O-]. The van der Waals surface area contributed by atoms with E-state index in [2.05, 4.69) is 15.2 Å². The van der Waals surface area contributed by atoms with Crippen LogP contribution >= 0.6 is 11.3 Å². The van der Waals surface area contributed by atoms with Gasteiger partial charge in [0.25, 0.3) is 11.6 Å². The second-order valence-corrected chi connectivity index (χ2v) is 7.00. The predicted octanol–water partition coefficient (Wildman–Crippen LogP) is 3.60. The molecule has 0 aliphatic carbocycles. The molecule has 1 fully saturated rings. The Labute approximate surface area is 149 Å². The maximum Gasteiger partial charge on any atom is 0.273 e. The summed E-state index contributed by atoms with van der Waals surface area (Å²) >= 11 is 1.37. The Morgan fingerprint density at radius 3 is 2.84 bits per heavy atom. The minimum atomic E-state index is -0.480. The molecule has 1 aromatic carbocycles. The molecule has 3 rings (SSSR count). The first-order valence-electron chi connectivity index (χ1n) is 8.26. The van der Waals surface area contributed by atoms with Crippen LogP contribution in [0.25, 0.3) is 0 Å². The van der Waals surface area contributed by atoms with Crippen LogP contribution in [0.4, 0.5) is 10.8 Å². The third-order valence-corrected chi connectivity index (χ3v) is 5.16. The highest BCUT2D eigenvalue weighted by molar-refractivity contribution is 7.14. The van der Waals surface area contributed by atoms with Crippen LogP contribution in [-0.2, 0) is 6.54 Å². The van der Waals surface area contributed by atoms with Crippen LogP contribution in [0.5, 0.6) is 0 Å². The number of hydrogen-bond donors (Lipinski definition) is 1. The number of carbonyl (C=O) groups is 1. The van der Waals surface area contributed by atoms with E-state index in [9.17, 15) is 14.9 Å². The van der Waals surface area contributed by atoms with Gasteiger partial charge in [0, 0.05) is 29.1 Å². The summed E-state index contributed by atoms with van der Waals surface area (Å²) < 4.78 is 0. The number of likely N-dealkylation sites (tertiary alicyclic amines) is 1. The molecule has 0 saturated carbocycles. The molecule has 1 saturated heterocycles. The maximum atomic E-state index is 12.4. The Morgan fingerprint density at radius 1 is 1.36 bits per heavy atom. The number of rotatable bonds is 5. The average molecular weight is 360 g/mol. The van der Waals surface area contributed by atoms with Crippen molar-refractivity contribution in [3.8, 4) is 0 Å². The largest absolute Gasteiger partial charge is 0.298 e. The van der Waals surface area contributed by atoms with Crippen LogP contribution in [-0.4, -0.2) is 33.8 Å². The number of hydrogen-bond acceptors (Lipinski definition) is 6. The first-order chi connectivity index (χ1) is 12.0. The number of benzene rings is 1. The summed E-state index contributed by atoms with van der Waals surface area (Å²) in [5.41, 5.74) is 1.53. The summed E-state index contributed by atoms with van der Waals surface area (Å²) in [6, 6.07) is 4.50. The molecule has 0 spiro atoms. The zero-order chi connectivity index (χ0) is 17.8. The number of anilines is 1. The fourth-order valence-electron chi connectivity index (χ4n) is 3.02. The van der Waals surface area contributed by atoms with Crippen molar-refractivity contribution < 1.29 is 9.72 Å². The van der Waals surface area contributed by atoms with Gasteiger partial charge in [-0.1, -0.05) is 12.5 Å². The van der Waals surface area contributed by atoms with E-state index in [1.54, 1.807) is 13.0 Å². The quantitative estimate of drug-likeness (QED) is 0.650. The van der Waals surface area contributed by atoms with E-state index in [0.717, 1.165) is 25.3 Å². The van der Waals surface area contributed by atoms with Crippen LogP contribution in [0.15, 0.2) is 23.6 Å². The topological polar surface area (TPSA) is 88.4 Å². The monoisotopic (exact) mass is 360 g/mol. The molecule has 1 aliphatic heterocycles. The van der Waals surface area contributed by atoms with Gasteiger partial charge in [0.05, 0.1) is 10.6 Å². The summed E-state index contributed by atoms with van der Waals surface area (Å²) in [5, 5.41) is 16.2. The van der Waals surface area contributed by atoms with Gasteiger partial charge in [-0.25, -0.2) is 4.98 Å². The van der Waals surface area contributed by atoms with Gasteiger partial charge in [0.1, 0.15) is 0 Å². The van der Waals surface area contributed by atoms with Crippen LogP contribution < -0.4 is 5.32 Å². The van der Waals surface area contributed by atoms with E-state index < -0.39 is 4.92 Å². The molecule has 0 bridgehead atoms. The lowest BCUT2D eigenvalue weighted by Crippen LogP contribution is -2.29. The van der Waals surface area contributed by atoms with Gasteiger partial charge in [-0.05, 0) is 38.9 Å². The Morgan fingerprint density at radius 2 is 2.12 bits per heavy atom. The number of amides is 1. The lowest BCUT2D eigenvalue weighted by molar-refractivity contribution is -0.385. The Hall–Kier alpha value is -2.32. The van der Waals surface area contributed by atoms with Crippen molar-refractivity contribution >= 4 is 28.1 Å². The molecule has 2 heterocycles. The molecule has 25 heavy (non-hydrogen) atoms. The lowest BCUT2D eigenvalue weighted by atomic mass is 10.1. The number of aromatic nitrogens is 1. The van der Waals surface area contributed by atoms with Gasteiger partial charge >= 0.3 is 0 Å². The smallest absolute Gasteiger partial charge is 0.273 e.